The van der Waals surface area contributed by atoms with Crippen LogP contribution in [0.3, 0.4) is 0 Å². The van der Waals surface area contributed by atoms with Crippen molar-refractivity contribution in [3.05, 3.63) is 47.6 Å². The molecule has 2 aliphatic carbocycles. The van der Waals surface area contributed by atoms with Gasteiger partial charge in [0.1, 0.15) is 0 Å². The van der Waals surface area contributed by atoms with Crippen molar-refractivity contribution in [2.45, 2.75) is 38.0 Å². The molecule has 0 N–H and O–H groups in total. The average molecular weight is 279 g/mol. The first-order chi connectivity index (χ1) is 10.1. The number of rotatable bonds is 3. The van der Waals surface area contributed by atoms with Crippen LogP contribution in [0, 0.1) is 22.7 Å². The molecule has 2 unspecified atom stereocenters. The van der Waals surface area contributed by atoms with Crippen LogP contribution >= 0.6 is 0 Å². The summed E-state index contributed by atoms with van der Waals surface area (Å²) in [5.74, 6) is 1.47. The van der Waals surface area contributed by atoms with Crippen LogP contribution in [0.15, 0.2) is 34.9 Å². The first-order valence-electron chi connectivity index (χ1n) is 7.39. The summed E-state index contributed by atoms with van der Waals surface area (Å²) in [6, 6.07) is 12.7. The molecule has 1 aromatic heterocycles. The van der Waals surface area contributed by atoms with Crippen molar-refractivity contribution >= 4 is 0 Å². The minimum absolute atomic E-state index is 0.0160. The SMILES string of the molecule is CC1(C)C(C#N)C1c1nc(C2(c3ccccc3)CC2)no1. The highest BCUT2D eigenvalue weighted by molar-refractivity contribution is 5.39. The van der Waals surface area contributed by atoms with Gasteiger partial charge in [0.15, 0.2) is 5.82 Å². The van der Waals surface area contributed by atoms with Crippen molar-refractivity contribution in [1.82, 2.24) is 10.1 Å². The van der Waals surface area contributed by atoms with E-state index < -0.39 is 0 Å². The molecule has 2 saturated carbocycles. The Morgan fingerprint density at radius 2 is 1.95 bits per heavy atom. The minimum Gasteiger partial charge on any atom is -0.339 e. The van der Waals surface area contributed by atoms with Gasteiger partial charge in [-0.2, -0.15) is 10.2 Å². The summed E-state index contributed by atoms with van der Waals surface area (Å²) in [5, 5.41) is 13.4. The highest BCUT2D eigenvalue weighted by Gasteiger charge is 2.62. The summed E-state index contributed by atoms with van der Waals surface area (Å²) in [6.45, 7) is 4.17. The molecule has 106 valence electrons. The lowest BCUT2D eigenvalue weighted by Crippen LogP contribution is -2.10. The molecule has 2 aliphatic rings. The molecule has 0 radical (unpaired) electrons. The quantitative estimate of drug-likeness (QED) is 0.863. The van der Waals surface area contributed by atoms with Crippen molar-refractivity contribution in [3.63, 3.8) is 0 Å². The molecule has 21 heavy (non-hydrogen) atoms. The molecular formula is C17H17N3O. The Balaban J connectivity index is 1.66. The number of nitriles is 1. The molecule has 0 aliphatic heterocycles. The van der Waals surface area contributed by atoms with Crippen LogP contribution in [0.2, 0.25) is 0 Å². The van der Waals surface area contributed by atoms with Gasteiger partial charge in [0.05, 0.1) is 23.3 Å². The van der Waals surface area contributed by atoms with Gasteiger partial charge in [0.25, 0.3) is 0 Å². The van der Waals surface area contributed by atoms with Gasteiger partial charge in [0, 0.05) is 0 Å². The summed E-state index contributed by atoms with van der Waals surface area (Å²) in [5.41, 5.74) is 1.14. The number of benzene rings is 1. The van der Waals surface area contributed by atoms with Gasteiger partial charge in [-0.3, -0.25) is 0 Å². The fourth-order valence-electron chi connectivity index (χ4n) is 3.42. The number of nitrogens with zero attached hydrogens (tertiary/aromatic N) is 3. The molecule has 2 aromatic rings. The van der Waals surface area contributed by atoms with Gasteiger partial charge < -0.3 is 4.52 Å². The predicted octanol–water partition coefficient (Wildman–Crippen LogP) is 3.41. The molecular weight excluding hydrogens is 262 g/mol. The molecule has 4 rings (SSSR count). The van der Waals surface area contributed by atoms with Crippen molar-refractivity contribution in [1.29, 1.82) is 5.26 Å². The van der Waals surface area contributed by atoms with E-state index in [-0.39, 0.29) is 22.7 Å². The van der Waals surface area contributed by atoms with Gasteiger partial charge in [-0.25, -0.2) is 0 Å². The van der Waals surface area contributed by atoms with Crippen LogP contribution in [0.1, 0.15) is 49.9 Å². The van der Waals surface area contributed by atoms with E-state index in [4.69, 9.17) is 4.52 Å². The topological polar surface area (TPSA) is 62.7 Å². The van der Waals surface area contributed by atoms with Crippen molar-refractivity contribution in [3.8, 4) is 6.07 Å². The number of hydrogen-bond donors (Lipinski definition) is 0. The molecule has 0 spiro atoms. The van der Waals surface area contributed by atoms with Gasteiger partial charge >= 0.3 is 0 Å². The van der Waals surface area contributed by atoms with E-state index >= 15 is 0 Å². The lowest BCUT2D eigenvalue weighted by atomic mass is 9.95. The second-order valence-electron chi connectivity index (χ2n) is 6.81. The standard InChI is InChI=1S/C17H17N3O/c1-16(2)12(10-18)13(16)14-19-15(20-21-14)17(8-9-17)11-6-4-3-5-7-11/h3-7,12-13H,8-9H2,1-2H3. The van der Waals surface area contributed by atoms with Gasteiger partial charge in [-0.15, -0.1) is 0 Å². The summed E-state index contributed by atoms with van der Waals surface area (Å²) in [7, 11) is 0. The fraction of sp³-hybridized carbons (Fsp3) is 0.471. The fourth-order valence-corrected chi connectivity index (χ4v) is 3.42. The Labute approximate surface area is 123 Å². The average Bonchev–Trinajstić information content (AvgIpc) is 3.34. The van der Waals surface area contributed by atoms with E-state index in [0.29, 0.717) is 5.89 Å². The Kier molecular flexibility index (Phi) is 2.36. The van der Waals surface area contributed by atoms with Crippen LogP contribution in [0.5, 0.6) is 0 Å². The zero-order valence-electron chi connectivity index (χ0n) is 12.2. The second kappa shape index (κ2) is 3.94. The molecule has 0 bridgehead atoms. The summed E-state index contributed by atoms with van der Waals surface area (Å²) in [6.07, 6.45) is 2.12. The Morgan fingerprint density at radius 3 is 2.52 bits per heavy atom. The van der Waals surface area contributed by atoms with E-state index in [0.717, 1.165) is 18.7 Å². The number of hydrogen-bond acceptors (Lipinski definition) is 4. The maximum Gasteiger partial charge on any atom is 0.231 e. The predicted molar refractivity (Wildman–Crippen MR) is 76.4 cm³/mol. The Bertz CT molecular complexity index is 722. The highest BCUT2D eigenvalue weighted by Crippen LogP contribution is 2.64. The van der Waals surface area contributed by atoms with Crippen LogP contribution in [-0.2, 0) is 5.41 Å². The Hall–Kier alpha value is -2.15. The maximum atomic E-state index is 9.19. The molecule has 4 heteroatoms. The molecule has 1 heterocycles. The Morgan fingerprint density at radius 1 is 1.24 bits per heavy atom. The maximum absolute atomic E-state index is 9.19. The third-order valence-corrected chi connectivity index (χ3v) is 5.18. The first-order valence-corrected chi connectivity index (χ1v) is 7.39. The molecule has 2 fully saturated rings. The van der Waals surface area contributed by atoms with E-state index in [2.05, 4.69) is 42.2 Å². The molecule has 0 saturated heterocycles. The second-order valence-corrected chi connectivity index (χ2v) is 6.81. The summed E-state index contributed by atoms with van der Waals surface area (Å²) in [4.78, 5) is 4.65. The molecule has 4 nitrogen and oxygen atoms in total. The zero-order valence-corrected chi connectivity index (χ0v) is 12.2. The van der Waals surface area contributed by atoms with Crippen molar-refractivity contribution in [2.24, 2.45) is 11.3 Å². The van der Waals surface area contributed by atoms with E-state index in [1.54, 1.807) is 0 Å². The third kappa shape index (κ3) is 1.67. The van der Waals surface area contributed by atoms with Crippen LogP contribution in [0.25, 0.3) is 0 Å². The number of aromatic nitrogens is 2. The molecule has 1 aromatic carbocycles. The minimum atomic E-state index is -0.0653. The molecule has 0 amide bonds. The van der Waals surface area contributed by atoms with Crippen LogP contribution < -0.4 is 0 Å². The smallest absolute Gasteiger partial charge is 0.231 e. The lowest BCUT2D eigenvalue weighted by Gasteiger charge is -2.10. The van der Waals surface area contributed by atoms with Gasteiger partial charge in [-0.05, 0) is 23.8 Å². The van der Waals surface area contributed by atoms with Gasteiger partial charge in [-0.1, -0.05) is 49.3 Å². The van der Waals surface area contributed by atoms with Crippen LogP contribution in [0.4, 0.5) is 0 Å². The summed E-state index contributed by atoms with van der Waals surface area (Å²) < 4.78 is 5.49. The first kappa shape index (κ1) is 12.6. The van der Waals surface area contributed by atoms with Crippen molar-refractivity contribution < 1.29 is 4.52 Å². The highest BCUT2D eigenvalue weighted by atomic mass is 16.5. The lowest BCUT2D eigenvalue weighted by molar-refractivity contribution is 0.361. The van der Waals surface area contributed by atoms with E-state index in [1.807, 2.05) is 18.2 Å². The van der Waals surface area contributed by atoms with Crippen molar-refractivity contribution in [2.75, 3.05) is 0 Å². The van der Waals surface area contributed by atoms with E-state index in [9.17, 15) is 5.26 Å². The van der Waals surface area contributed by atoms with Crippen LogP contribution in [-0.4, -0.2) is 10.1 Å². The summed E-state index contributed by atoms with van der Waals surface area (Å²) >= 11 is 0. The monoisotopic (exact) mass is 279 g/mol. The van der Waals surface area contributed by atoms with E-state index in [1.165, 1.54) is 5.56 Å². The largest absolute Gasteiger partial charge is 0.339 e. The molecule has 2 atom stereocenters. The third-order valence-electron chi connectivity index (χ3n) is 5.18. The van der Waals surface area contributed by atoms with Gasteiger partial charge in [0.2, 0.25) is 5.89 Å². The zero-order chi connectivity index (χ0) is 14.7. The normalized spacial score (nSPS) is 27.9.